The predicted octanol–water partition coefficient (Wildman–Crippen LogP) is 8.83. The fraction of sp³-hybridized carbons (Fsp3) is 0.571. The monoisotopic (exact) mass is 655 g/mol. The molecule has 4 rings (SSSR count). The van der Waals surface area contributed by atoms with E-state index in [-0.39, 0.29) is 30.9 Å². The molecule has 1 aliphatic heterocycles. The zero-order chi connectivity index (χ0) is 32.3. The number of hydrogen-bond acceptors (Lipinski definition) is 4. The number of halogens is 5. The van der Waals surface area contributed by atoms with Crippen LogP contribution in [-0.2, 0) is 21.5 Å². The maximum atomic E-state index is 15.4. The number of benzene rings is 2. The fourth-order valence-electron chi connectivity index (χ4n) is 6.74. The SMILES string of the molecule is COc1ccc([C@]2(CCN(Cc3ccc(C4=CCC(C(=O)O)CC4)c(F)c3)CC(C)(C)C(F)(F)F)CCOC(C)(C)C2)cc1.Cl. The summed E-state index contributed by atoms with van der Waals surface area (Å²) in [5, 5.41) is 9.27. The number of hydrogen-bond donors (Lipinski definition) is 1. The minimum absolute atomic E-state index is 0. The van der Waals surface area contributed by atoms with Gasteiger partial charge in [0.15, 0.2) is 0 Å². The number of allylic oxidation sites excluding steroid dienone is 2. The molecule has 0 spiro atoms. The van der Waals surface area contributed by atoms with Crippen LogP contribution in [-0.4, -0.2) is 54.6 Å². The van der Waals surface area contributed by atoms with Crippen LogP contribution in [0.3, 0.4) is 0 Å². The number of ether oxygens (including phenoxy) is 2. The molecule has 2 aromatic carbocycles. The Balaban J connectivity index is 0.00000552. The van der Waals surface area contributed by atoms with E-state index in [4.69, 9.17) is 9.47 Å². The van der Waals surface area contributed by atoms with E-state index in [1.807, 2.05) is 38.1 Å². The number of aliphatic carboxylic acids is 1. The third-order valence-corrected chi connectivity index (χ3v) is 9.38. The number of carboxylic acids is 1. The molecule has 0 radical (unpaired) electrons. The van der Waals surface area contributed by atoms with Gasteiger partial charge in [0.2, 0.25) is 0 Å². The molecule has 2 atom stereocenters. The van der Waals surface area contributed by atoms with Gasteiger partial charge in [-0.2, -0.15) is 13.2 Å². The van der Waals surface area contributed by atoms with Crippen LogP contribution in [0, 0.1) is 17.2 Å². The topological polar surface area (TPSA) is 59.0 Å². The molecule has 10 heteroatoms. The second kappa shape index (κ2) is 14.4. The van der Waals surface area contributed by atoms with E-state index in [1.165, 1.54) is 19.9 Å². The van der Waals surface area contributed by atoms with Crippen molar-refractivity contribution in [1.29, 1.82) is 0 Å². The first-order valence-electron chi connectivity index (χ1n) is 15.3. The predicted molar refractivity (Wildman–Crippen MR) is 170 cm³/mol. The smallest absolute Gasteiger partial charge is 0.395 e. The van der Waals surface area contributed by atoms with Gasteiger partial charge in [-0.05, 0) is 108 Å². The number of carboxylic acid groups (broad SMARTS) is 1. The first kappa shape index (κ1) is 36.8. The summed E-state index contributed by atoms with van der Waals surface area (Å²) >= 11 is 0. The molecular formula is C35H46ClF4NO4. The maximum absolute atomic E-state index is 15.4. The molecule has 1 heterocycles. The lowest BCUT2D eigenvalue weighted by Gasteiger charge is -2.46. The van der Waals surface area contributed by atoms with E-state index in [2.05, 4.69) is 0 Å². The van der Waals surface area contributed by atoms with Crippen molar-refractivity contribution in [3.63, 3.8) is 0 Å². The number of carbonyl (C=O) groups is 1. The van der Waals surface area contributed by atoms with Crippen molar-refractivity contribution in [2.24, 2.45) is 11.3 Å². The van der Waals surface area contributed by atoms with Crippen molar-refractivity contribution in [1.82, 2.24) is 4.90 Å². The second-order valence-electron chi connectivity index (χ2n) is 13.7. The minimum Gasteiger partial charge on any atom is -0.497 e. The Morgan fingerprint density at radius 1 is 1.13 bits per heavy atom. The molecule has 250 valence electrons. The van der Waals surface area contributed by atoms with Gasteiger partial charge in [-0.25, -0.2) is 4.39 Å². The Bertz CT molecular complexity index is 1340. The van der Waals surface area contributed by atoms with Crippen molar-refractivity contribution < 1.29 is 36.9 Å². The summed E-state index contributed by atoms with van der Waals surface area (Å²) in [7, 11) is 1.61. The third kappa shape index (κ3) is 9.01. The molecule has 2 aromatic rings. The van der Waals surface area contributed by atoms with Gasteiger partial charge < -0.3 is 14.6 Å². The van der Waals surface area contributed by atoms with Crippen LogP contribution in [0.2, 0.25) is 0 Å². The van der Waals surface area contributed by atoms with Crippen molar-refractivity contribution in [2.45, 2.75) is 90.0 Å². The number of nitrogens with zero attached hydrogens (tertiary/aromatic N) is 1. The Morgan fingerprint density at radius 2 is 1.82 bits per heavy atom. The minimum atomic E-state index is -4.41. The van der Waals surface area contributed by atoms with Crippen molar-refractivity contribution >= 4 is 23.9 Å². The molecule has 0 bridgehead atoms. The van der Waals surface area contributed by atoms with Gasteiger partial charge in [0.05, 0.1) is 24.0 Å². The van der Waals surface area contributed by atoms with Gasteiger partial charge >= 0.3 is 12.1 Å². The molecule has 5 nitrogen and oxygen atoms in total. The van der Waals surface area contributed by atoms with Gasteiger partial charge in [-0.1, -0.05) is 30.3 Å². The average molecular weight is 656 g/mol. The van der Waals surface area contributed by atoms with Gasteiger partial charge in [-0.15, -0.1) is 12.4 Å². The highest BCUT2D eigenvalue weighted by Crippen LogP contribution is 2.45. The molecular weight excluding hydrogens is 610 g/mol. The highest BCUT2D eigenvalue weighted by atomic mass is 35.5. The van der Waals surface area contributed by atoms with Gasteiger partial charge in [0, 0.05) is 30.7 Å². The summed E-state index contributed by atoms with van der Waals surface area (Å²) < 4.78 is 69.0. The molecule has 0 aromatic heterocycles. The van der Waals surface area contributed by atoms with Crippen LogP contribution < -0.4 is 4.74 Å². The summed E-state index contributed by atoms with van der Waals surface area (Å²) in [5.74, 6) is -1.02. The first-order valence-corrected chi connectivity index (χ1v) is 15.3. The summed E-state index contributed by atoms with van der Waals surface area (Å²) in [6, 6.07) is 12.8. The number of alkyl halides is 3. The van der Waals surface area contributed by atoms with Crippen LogP contribution in [0.1, 0.15) is 82.9 Å². The summed E-state index contributed by atoms with van der Waals surface area (Å²) in [5.41, 5.74) is 0.200. The van der Waals surface area contributed by atoms with Crippen molar-refractivity contribution in [3.05, 3.63) is 71.0 Å². The van der Waals surface area contributed by atoms with Crippen molar-refractivity contribution in [2.75, 3.05) is 26.8 Å². The van der Waals surface area contributed by atoms with E-state index in [9.17, 15) is 23.1 Å². The van der Waals surface area contributed by atoms with E-state index in [1.54, 1.807) is 30.2 Å². The third-order valence-electron chi connectivity index (χ3n) is 9.38. The molecule has 1 unspecified atom stereocenters. The lowest BCUT2D eigenvalue weighted by atomic mass is 9.67. The largest absolute Gasteiger partial charge is 0.497 e. The standard InChI is InChI=1S/C35H45F4NO4.ClH/c1-32(2,35(37,38)39)23-40(21-24-6-15-29(30(36)20-24)25-7-9-26(10-8-25)31(41)42)18-16-34(17-19-44-33(3,4)22-34)27-11-13-28(43-5)14-12-27;/h6-7,11-15,20,26H,8-10,16-19,21-23H2,1-5H3,(H,41,42);1H/t26?,34-;/m1./s1. The summed E-state index contributed by atoms with van der Waals surface area (Å²) in [4.78, 5) is 13.1. The molecule has 1 fully saturated rings. The molecule has 1 N–H and O–H groups in total. The van der Waals surface area contributed by atoms with Gasteiger partial charge in [0.1, 0.15) is 11.6 Å². The zero-order valence-electron chi connectivity index (χ0n) is 26.8. The number of rotatable bonds is 11. The highest BCUT2D eigenvalue weighted by Gasteiger charge is 2.48. The van der Waals surface area contributed by atoms with Gasteiger partial charge in [-0.3, -0.25) is 9.69 Å². The average Bonchev–Trinajstić information content (AvgIpc) is 2.95. The Hall–Kier alpha value is -2.62. The Kier molecular flexibility index (Phi) is 11.8. The lowest BCUT2D eigenvalue weighted by molar-refractivity contribution is -0.217. The molecule has 45 heavy (non-hydrogen) atoms. The van der Waals surface area contributed by atoms with Crippen LogP contribution in [0.5, 0.6) is 5.75 Å². The summed E-state index contributed by atoms with van der Waals surface area (Å²) in [6.07, 6.45) is 0.697. The quantitative estimate of drug-likeness (QED) is 0.245. The summed E-state index contributed by atoms with van der Waals surface area (Å²) in [6.45, 7) is 7.36. The Morgan fingerprint density at radius 3 is 2.36 bits per heavy atom. The highest BCUT2D eigenvalue weighted by molar-refractivity contribution is 5.85. The molecule has 0 amide bonds. The van der Waals surface area contributed by atoms with Gasteiger partial charge in [0.25, 0.3) is 0 Å². The molecule has 1 saturated heterocycles. The Labute approximate surface area is 270 Å². The molecule has 2 aliphatic rings. The van der Waals surface area contributed by atoms with Crippen molar-refractivity contribution in [3.8, 4) is 5.75 Å². The second-order valence-corrected chi connectivity index (χ2v) is 13.7. The van der Waals surface area contributed by atoms with E-state index in [0.717, 1.165) is 23.3 Å². The lowest BCUT2D eigenvalue weighted by Crippen LogP contribution is -2.47. The van der Waals surface area contributed by atoms with Crippen LogP contribution in [0.4, 0.5) is 17.6 Å². The van der Waals surface area contributed by atoms with E-state index in [0.29, 0.717) is 56.4 Å². The zero-order valence-corrected chi connectivity index (χ0v) is 27.6. The number of methoxy groups -OCH3 is 1. The van der Waals surface area contributed by atoms with E-state index < -0.39 is 34.9 Å². The fourth-order valence-corrected chi connectivity index (χ4v) is 6.74. The van der Waals surface area contributed by atoms with Crippen LogP contribution in [0.25, 0.3) is 5.57 Å². The maximum Gasteiger partial charge on any atom is 0.395 e. The molecule has 0 saturated carbocycles. The molecule has 1 aliphatic carbocycles. The van der Waals surface area contributed by atoms with E-state index >= 15 is 4.39 Å². The first-order chi connectivity index (χ1) is 20.5. The van der Waals surface area contributed by atoms with Crippen LogP contribution in [0.15, 0.2) is 48.5 Å². The van der Waals surface area contributed by atoms with Crippen LogP contribution >= 0.6 is 12.4 Å². The normalized spacial score (nSPS) is 22.0.